The van der Waals surface area contributed by atoms with Crippen LogP contribution in [0, 0.1) is 5.82 Å². The summed E-state index contributed by atoms with van der Waals surface area (Å²) in [6.45, 7) is 6.26. The largest absolute Gasteiger partial charge is 0.395 e. The topological polar surface area (TPSA) is 53.0 Å². The van der Waals surface area contributed by atoms with Gasteiger partial charge in [-0.05, 0) is 18.6 Å². The fourth-order valence-corrected chi connectivity index (χ4v) is 2.77. The van der Waals surface area contributed by atoms with Gasteiger partial charge in [-0.15, -0.1) is 0 Å². The first-order valence-corrected chi connectivity index (χ1v) is 8.07. The van der Waals surface area contributed by atoms with E-state index in [1.807, 2.05) is 0 Å². The van der Waals surface area contributed by atoms with E-state index in [4.69, 9.17) is 4.74 Å². The van der Waals surface area contributed by atoms with E-state index < -0.39 is 5.92 Å². The third-order valence-electron chi connectivity index (χ3n) is 4.21. The van der Waals surface area contributed by atoms with Crippen molar-refractivity contribution in [2.24, 2.45) is 0 Å². The molecular weight excluding hydrogens is 299 g/mol. The standard InChI is InChI=1S/C17H25FN2O3/c1-14(15-4-2-3-5-16(15)18)17(22)20(8-11-21)7-6-19-9-12-23-13-10-19/h2-5,14,21H,6-13H2,1H3. The minimum absolute atomic E-state index is 0.0984. The van der Waals surface area contributed by atoms with Crippen LogP contribution in [-0.2, 0) is 9.53 Å². The molecule has 0 bridgehead atoms. The van der Waals surface area contributed by atoms with E-state index in [-0.39, 0.29) is 24.9 Å². The van der Waals surface area contributed by atoms with Crippen LogP contribution in [0.5, 0.6) is 0 Å². The van der Waals surface area contributed by atoms with Gasteiger partial charge in [0.2, 0.25) is 5.91 Å². The average molecular weight is 324 g/mol. The van der Waals surface area contributed by atoms with Gasteiger partial charge in [-0.1, -0.05) is 18.2 Å². The molecule has 0 saturated carbocycles. The number of carbonyl (C=O) groups is 1. The summed E-state index contributed by atoms with van der Waals surface area (Å²) < 4.78 is 19.2. The van der Waals surface area contributed by atoms with Crippen molar-refractivity contribution < 1.29 is 19.0 Å². The summed E-state index contributed by atoms with van der Waals surface area (Å²) in [5.74, 6) is -1.09. The molecule has 1 aromatic rings. The van der Waals surface area contributed by atoms with Gasteiger partial charge in [-0.25, -0.2) is 4.39 Å². The van der Waals surface area contributed by atoms with Gasteiger partial charge < -0.3 is 14.7 Å². The molecule has 1 saturated heterocycles. The molecule has 1 atom stereocenters. The van der Waals surface area contributed by atoms with Gasteiger partial charge in [-0.3, -0.25) is 9.69 Å². The number of hydrogen-bond acceptors (Lipinski definition) is 4. The lowest BCUT2D eigenvalue weighted by Crippen LogP contribution is -2.45. The first-order chi connectivity index (χ1) is 11.1. The van der Waals surface area contributed by atoms with Crippen molar-refractivity contribution in [2.75, 3.05) is 52.5 Å². The molecule has 1 amide bonds. The van der Waals surface area contributed by atoms with Gasteiger partial charge in [0.15, 0.2) is 0 Å². The number of benzene rings is 1. The normalized spacial score (nSPS) is 17.0. The van der Waals surface area contributed by atoms with Crippen LogP contribution in [0.3, 0.4) is 0 Å². The number of nitrogens with zero attached hydrogens (tertiary/aromatic N) is 2. The van der Waals surface area contributed by atoms with E-state index >= 15 is 0 Å². The third kappa shape index (κ3) is 4.99. The SMILES string of the molecule is CC(C(=O)N(CCO)CCN1CCOCC1)c1ccccc1F. The van der Waals surface area contributed by atoms with Gasteiger partial charge in [0, 0.05) is 32.7 Å². The highest BCUT2D eigenvalue weighted by Gasteiger charge is 2.24. The number of halogens is 1. The van der Waals surface area contributed by atoms with E-state index in [0.29, 0.717) is 25.3 Å². The highest BCUT2D eigenvalue weighted by atomic mass is 19.1. The van der Waals surface area contributed by atoms with Crippen molar-refractivity contribution in [1.29, 1.82) is 0 Å². The maximum atomic E-state index is 13.9. The third-order valence-corrected chi connectivity index (χ3v) is 4.21. The number of hydrogen-bond donors (Lipinski definition) is 1. The van der Waals surface area contributed by atoms with Crippen molar-refractivity contribution in [2.45, 2.75) is 12.8 Å². The van der Waals surface area contributed by atoms with Crippen LogP contribution in [0.15, 0.2) is 24.3 Å². The molecule has 1 aromatic carbocycles. The highest BCUT2D eigenvalue weighted by Crippen LogP contribution is 2.21. The summed E-state index contributed by atoms with van der Waals surface area (Å²) in [5.41, 5.74) is 0.395. The molecule has 0 spiro atoms. The van der Waals surface area contributed by atoms with E-state index in [0.717, 1.165) is 19.6 Å². The van der Waals surface area contributed by atoms with Crippen LogP contribution in [-0.4, -0.2) is 73.4 Å². The highest BCUT2D eigenvalue weighted by molar-refractivity contribution is 5.83. The number of aliphatic hydroxyl groups is 1. The zero-order chi connectivity index (χ0) is 16.7. The van der Waals surface area contributed by atoms with Crippen molar-refractivity contribution in [3.05, 3.63) is 35.6 Å². The summed E-state index contributed by atoms with van der Waals surface area (Å²) in [4.78, 5) is 16.5. The van der Waals surface area contributed by atoms with Crippen LogP contribution >= 0.6 is 0 Å². The summed E-state index contributed by atoms with van der Waals surface area (Å²) in [6, 6.07) is 6.34. The van der Waals surface area contributed by atoms with E-state index in [9.17, 15) is 14.3 Å². The maximum absolute atomic E-state index is 13.9. The minimum atomic E-state index is -0.563. The summed E-state index contributed by atoms with van der Waals surface area (Å²) >= 11 is 0. The van der Waals surface area contributed by atoms with Crippen molar-refractivity contribution in [3.63, 3.8) is 0 Å². The second kappa shape index (κ2) is 8.96. The molecule has 1 N–H and O–H groups in total. The summed E-state index contributed by atoms with van der Waals surface area (Å²) in [7, 11) is 0. The van der Waals surface area contributed by atoms with Crippen LogP contribution in [0.1, 0.15) is 18.4 Å². The van der Waals surface area contributed by atoms with Crippen molar-refractivity contribution >= 4 is 5.91 Å². The monoisotopic (exact) mass is 324 g/mol. The molecule has 23 heavy (non-hydrogen) atoms. The molecule has 128 valence electrons. The number of morpholine rings is 1. The Balaban J connectivity index is 1.98. The molecular formula is C17H25FN2O3. The Morgan fingerprint density at radius 1 is 1.35 bits per heavy atom. The predicted octanol–water partition coefficient (Wildman–Crippen LogP) is 1.08. The molecule has 6 heteroatoms. The molecule has 1 unspecified atom stereocenters. The number of ether oxygens (including phenoxy) is 1. The molecule has 0 aromatic heterocycles. The van der Waals surface area contributed by atoms with Crippen LogP contribution < -0.4 is 0 Å². The summed E-state index contributed by atoms with van der Waals surface area (Å²) in [6.07, 6.45) is 0. The fourth-order valence-electron chi connectivity index (χ4n) is 2.77. The second-order valence-corrected chi connectivity index (χ2v) is 5.75. The van der Waals surface area contributed by atoms with Gasteiger partial charge in [-0.2, -0.15) is 0 Å². The molecule has 2 rings (SSSR count). The van der Waals surface area contributed by atoms with Gasteiger partial charge >= 0.3 is 0 Å². The molecule has 1 heterocycles. The first kappa shape index (κ1) is 17.8. The zero-order valence-electron chi connectivity index (χ0n) is 13.6. The second-order valence-electron chi connectivity index (χ2n) is 5.75. The molecule has 1 aliphatic heterocycles. The van der Waals surface area contributed by atoms with Crippen molar-refractivity contribution in [1.82, 2.24) is 9.80 Å². The Labute approximate surface area is 136 Å². The lowest BCUT2D eigenvalue weighted by molar-refractivity contribution is -0.133. The molecule has 0 radical (unpaired) electrons. The lowest BCUT2D eigenvalue weighted by Gasteiger charge is -2.31. The average Bonchev–Trinajstić information content (AvgIpc) is 2.58. The van der Waals surface area contributed by atoms with Gasteiger partial charge in [0.1, 0.15) is 5.82 Å². The van der Waals surface area contributed by atoms with Crippen molar-refractivity contribution in [3.8, 4) is 0 Å². The van der Waals surface area contributed by atoms with E-state index in [1.165, 1.54) is 6.07 Å². The van der Waals surface area contributed by atoms with Crippen LogP contribution in [0.4, 0.5) is 4.39 Å². The minimum Gasteiger partial charge on any atom is -0.395 e. The number of aliphatic hydroxyl groups excluding tert-OH is 1. The van der Waals surface area contributed by atoms with E-state index in [1.54, 1.807) is 30.0 Å². The molecule has 5 nitrogen and oxygen atoms in total. The lowest BCUT2D eigenvalue weighted by atomic mass is 9.99. The summed E-state index contributed by atoms with van der Waals surface area (Å²) in [5, 5.41) is 9.23. The Morgan fingerprint density at radius 3 is 2.70 bits per heavy atom. The quantitative estimate of drug-likeness (QED) is 0.815. The Kier molecular flexibility index (Phi) is 6.95. The van der Waals surface area contributed by atoms with Crippen LogP contribution in [0.2, 0.25) is 0 Å². The Hall–Kier alpha value is -1.50. The Morgan fingerprint density at radius 2 is 2.04 bits per heavy atom. The zero-order valence-corrected chi connectivity index (χ0v) is 13.6. The first-order valence-electron chi connectivity index (χ1n) is 8.07. The Bertz CT molecular complexity index is 506. The number of amides is 1. The molecule has 0 aliphatic carbocycles. The van der Waals surface area contributed by atoms with Gasteiger partial charge in [0.25, 0.3) is 0 Å². The number of rotatable bonds is 7. The smallest absolute Gasteiger partial charge is 0.230 e. The van der Waals surface area contributed by atoms with E-state index in [2.05, 4.69) is 4.90 Å². The maximum Gasteiger partial charge on any atom is 0.230 e. The fraction of sp³-hybridized carbons (Fsp3) is 0.588. The predicted molar refractivity (Wildman–Crippen MR) is 85.7 cm³/mol. The van der Waals surface area contributed by atoms with Crippen LogP contribution in [0.25, 0.3) is 0 Å². The number of carbonyl (C=O) groups excluding carboxylic acids is 1. The van der Waals surface area contributed by atoms with Gasteiger partial charge in [0.05, 0.1) is 25.7 Å². The molecule has 1 aliphatic rings. The molecule has 1 fully saturated rings.